The van der Waals surface area contributed by atoms with Crippen molar-refractivity contribution in [1.82, 2.24) is 0 Å². The summed E-state index contributed by atoms with van der Waals surface area (Å²) in [5, 5.41) is 9.69. The van der Waals surface area contributed by atoms with Crippen LogP contribution in [0.4, 0.5) is 0 Å². The van der Waals surface area contributed by atoms with E-state index in [2.05, 4.69) is 6.07 Å². The highest BCUT2D eigenvalue weighted by molar-refractivity contribution is 5.52. The predicted molar refractivity (Wildman–Crippen MR) is 54.5 cm³/mol. The lowest BCUT2D eigenvalue weighted by atomic mass is 10.0. The molecule has 2 heteroatoms. The summed E-state index contributed by atoms with van der Waals surface area (Å²) < 4.78 is 0. The van der Waals surface area contributed by atoms with Crippen molar-refractivity contribution < 1.29 is 9.90 Å². The molecule has 0 heterocycles. The summed E-state index contributed by atoms with van der Waals surface area (Å²) in [5.74, 6) is 0.354. The van der Waals surface area contributed by atoms with Crippen molar-refractivity contribution in [2.24, 2.45) is 0 Å². The molecule has 0 saturated carbocycles. The minimum atomic E-state index is 0.354. The van der Waals surface area contributed by atoms with Crippen molar-refractivity contribution in [2.45, 2.75) is 32.1 Å². The lowest BCUT2D eigenvalue weighted by Crippen LogP contribution is -1.91. The Morgan fingerprint density at radius 3 is 2.71 bits per heavy atom. The summed E-state index contributed by atoms with van der Waals surface area (Å²) >= 11 is 0. The normalized spacial score (nSPS) is 14.0. The Hall–Kier alpha value is -1.31. The third-order valence-corrected chi connectivity index (χ3v) is 2.82. The molecule has 2 nitrogen and oxygen atoms in total. The maximum absolute atomic E-state index is 10.2. The molecule has 0 atom stereocenters. The van der Waals surface area contributed by atoms with Gasteiger partial charge in [-0.1, -0.05) is 6.07 Å². The lowest BCUT2D eigenvalue weighted by Gasteiger charge is -2.06. The summed E-state index contributed by atoms with van der Waals surface area (Å²) in [6.45, 7) is 0. The van der Waals surface area contributed by atoms with Crippen LogP contribution >= 0.6 is 0 Å². The number of fused-ring (bicyclic) bond motifs is 1. The van der Waals surface area contributed by atoms with Crippen molar-refractivity contribution in [3.8, 4) is 5.75 Å². The zero-order valence-corrected chi connectivity index (χ0v) is 8.12. The van der Waals surface area contributed by atoms with Gasteiger partial charge in [0.1, 0.15) is 12.0 Å². The molecule has 1 aromatic rings. The fourth-order valence-electron chi connectivity index (χ4n) is 2.08. The molecule has 2 rings (SSSR count). The molecule has 0 unspecified atom stereocenters. The second-order valence-electron chi connectivity index (χ2n) is 3.81. The van der Waals surface area contributed by atoms with E-state index < -0.39 is 0 Å². The van der Waals surface area contributed by atoms with Gasteiger partial charge in [-0.15, -0.1) is 0 Å². The van der Waals surface area contributed by atoms with Crippen LogP contribution in [0.15, 0.2) is 12.1 Å². The summed E-state index contributed by atoms with van der Waals surface area (Å²) in [6, 6.07) is 3.92. The standard InChI is InChI=1S/C12H14O2/c13-6-2-5-11-7-9-3-1-4-10(9)8-12(11)14/h6-8,14H,1-5H2. The Bertz CT molecular complexity index is 356. The number of aryl methyl sites for hydroxylation is 3. The first-order valence-corrected chi connectivity index (χ1v) is 5.08. The molecule has 1 aromatic carbocycles. The average Bonchev–Trinajstić information content (AvgIpc) is 2.61. The third-order valence-electron chi connectivity index (χ3n) is 2.82. The van der Waals surface area contributed by atoms with E-state index in [4.69, 9.17) is 0 Å². The van der Waals surface area contributed by atoms with Crippen LogP contribution in [-0.2, 0) is 24.1 Å². The van der Waals surface area contributed by atoms with Crippen LogP contribution in [-0.4, -0.2) is 11.4 Å². The Labute approximate surface area is 83.6 Å². The van der Waals surface area contributed by atoms with Crippen LogP contribution in [0.1, 0.15) is 29.5 Å². The van der Waals surface area contributed by atoms with Gasteiger partial charge in [0, 0.05) is 6.42 Å². The minimum absolute atomic E-state index is 0.354. The first-order valence-electron chi connectivity index (χ1n) is 5.08. The van der Waals surface area contributed by atoms with Crippen LogP contribution in [0.2, 0.25) is 0 Å². The number of aldehydes is 1. The Kier molecular flexibility index (Phi) is 2.53. The molecule has 0 radical (unpaired) electrons. The fraction of sp³-hybridized carbons (Fsp3) is 0.417. The van der Waals surface area contributed by atoms with Crippen LogP contribution in [0.25, 0.3) is 0 Å². The van der Waals surface area contributed by atoms with Gasteiger partial charge in [0.15, 0.2) is 0 Å². The first-order chi connectivity index (χ1) is 6.81. The molecule has 0 aliphatic heterocycles. The van der Waals surface area contributed by atoms with Gasteiger partial charge >= 0.3 is 0 Å². The highest BCUT2D eigenvalue weighted by Crippen LogP contribution is 2.29. The van der Waals surface area contributed by atoms with Gasteiger partial charge < -0.3 is 9.90 Å². The molecule has 0 spiro atoms. The summed E-state index contributed by atoms with van der Waals surface area (Å²) in [4.78, 5) is 10.2. The molecule has 0 saturated heterocycles. The van der Waals surface area contributed by atoms with E-state index in [0.717, 1.165) is 24.7 Å². The molecule has 0 bridgehead atoms. The van der Waals surface area contributed by atoms with Gasteiger partial charge in [-0.2, -0.15) is 0 Å². The number of carbonyl (C=O) groups excluding carboxylic acids is 1. The van der Waals surface area contributed by atoms with E-state index in [-0.39, 0.29) is 0 Å². The number of aromatic hydroxyl groups is 1. The largest absolute Gasteiger partial charge is 0.508 e. The molecule has 14 heavy (non-hydrogen) atoms. The van der Waals surface area contributed by atoms with Gasteiger partial charge in [-0.25, -0.2) is 0 Å². The third kappa shape index (κ3) is 1.65. The van der Waals surface area contributed by atoms with Crippen LogP contribution in [0.5, 0.6) is 5.75 Å². The van der Waals surface area contributed by atoms with Gasteiger partial charge in [-0.05, 0) is 48.4 Å². The molecular weight excluding hydrogens is 176 g/mol. The smallest absolute Gasteiger partial charge is 0.120 e. The number of phenols is 1. The Morgan fingerprint density at radius 1 is 1.29 bits per heavy atom. The number of benzene rings is 1. The quantitative estimate of drug-likeness (QED) is 0.740. The molecule has 0 amide bonds. The molecule has 74 valence electrons. The molecule has 1 aliphatic rings. The monoisotopic (exact) mass is 190 g/mol. The van der Waals surface area contributed by atoms with Gasteiger partial charge in [0.05, 0.1) is 0 Å². The predicted octanol–water partition coefficient (Wildman–Crippen LogP) is 2.01. The second kappa shape index (κ2) is 3.82. The van der Waals surface area contributed by atoms with Gasteiger partial charge in [0.2, 0.25) is 0 Å². The van der Waals surface area contributed by atoms with Crippen molar-refractivity contribution in [2.75, 3.05) is 0 Å². The number of rotatable bonds is 3. The van der Waals surface area contributed by atoms with Crippen molar-refractivity contribution in [1.29, 1.82) is 0 Å². The van der Waals surface area contributed by atoms with Crippen molar-refractivity contribution in [3.05, 3.63) is 28.8 Å². The van der Waals surface area contributed by atoms with E-state index in [9.17, 15) is 9.90 Å². The fourth-order valence-corrected chi connectivity index (χ4v) is 2.08. The van der Waals surface area contributed by atoms with Gasteiger partial charge in [-0.3, -0.25) is 0 Å². The zero-order valence-electron chi connectivity index (χ0n) is 8.12. The average molecular weight is 190 g/mol. The van der Waals surface area contributed by atoms with E-state index >= 15 is 0 Å². The molecule has 0 fully saturated rings. The number of phenolic OH excluding ortho intramolecular Hbond substituents is 1. The maximum atomic E-state index is 10.2. The Balaban J connectivity index is 2.27. The van der Waals surface area contributed by atoms with Crippen molar-refractivity contribution >= 4 is 6.29 Å². The first kappa shape index (κ1) is 9.25. The highest BCUT2D eigenvalue weighted by atomic mass is 16.3. The summed E-state index contributed by atoms with van der Waals surface area (Å²) in [7, 11) is 0. The molecular formula is C12H14O2. The highest BCUT2D eigenvalue weighted by Gasteiger charge is 2.13. The van der Waals surface area contributed by atoms with E-state index in [1.54, 1.807) is 0 Å². The minimum Gasteiger partial charge on any atom is -0.508 e. The second-order valence-corrected chi connectivity index (χ2v) is 3.81. The summed E-state index contributed by atoms with van der Waals surface area (Å²) in [5.41, 5.74) is 3.54. The number of carbonyl (C=O) groups is 1. The molecule has 1 N–H and O–H groups in total. The maximum Gasteiger partial charge on any atom is 0.120 e. The molecule has 0 aromatic heterocycles. The van der Waals surface area contributed by atoms with Crippen LogP contribution < -0.4 is 0 Å². The van der Waals surface area contributed by atoms with E-state index in [1.165, 1.54) is 17.5 Å². The SMILES string of the molecule is O=CCCc1cc2c(cc1O)CCC2. The lowest BCUT2D eigenvalue weighted by molar-refractivity contribution is -0.107. The van der Waals surface area contributed by atoms with Crippen molar-refractivity contribution in [3.63, 3.8) is 0 Å². The number of hydrogen-bond acceptors (Lipinski definition) is 2. The van der Waals surface area contributed by atoms with Crippen LogP contribution in [0, 0.1) is 0 Å². The Morgan fingerprint density at radius 2 is 2.00 bits per heavy atom. The summed E-state index contributed by atoms with van der Waals surface area (Å²) in [6.07, 6.45) is 5.42. The molecule has 1 aliphatic carbocycles. The number of hydrogen-bond donors (Lipinski definition) is 1. The van der Waals surface area contributed by atoms with E-state index in [0.29, 0.717) is 18.6 Å². The zero-order chi connectivity index (χ0) is 9.97. The van der Waals surface area contributed by atoms with Gasteiger partial charge in [0.25, 0.3) is 0 Å². The van der Waals surface area contributed by atoms with Crippen LogP contribution in [0.3, 0.4) is 0 Å². The van der Waals surface area contributed by atoms with E-state index in [1.807, 2.05) is 6.07 Å². The topological polar surface area (TPSA) is 37.3 Å².